The summed E-state index contributed by atoms with van der Waals surface area (Å²) in [5.74, 6) is -0.0640. The number of carbonyl (C=O) groups excluding carboxylic acids is 2. The fourth-order valence-electron chi connectivity index (χ4n) is 3.33. The van der Waals surface area contributed by atoms with Crippen LogP contribution in [0.1, 0.15) is 71.1 Å². The first kappa shape index (κ1) is 21.0. The van der Waals surface area contributed by atoms with Crippen molar-refractivity contribution in [1.29, 1.82) is 0 Å². The fraction of sp³-hybridized carbons (Fsp3) is 0.636. The Morgan fingerprint density at radius 1 is 0.885 bits per heavy atom. The van der Waals surface area contributed by atoms with E-state index >= 15 is 0 Å². The monoisotopic (exact) mass is 376 g/mol. The Balaban J connectivity index is 2.01. The summed E-state index contributed by atoms with van der Waals surface area (Å²) in [6, 6.07) is 9.87. The van der Waals surface area contributed by atoms with Gasteiger partial charge in [-0.15, -0.1) is 11.8 Å². The minimum Gasteiger partial charge on any atom is -0.466 e. The molecule has 0 aliphatic carbocycles. The number of carbonyl (C=O) groups is 2. The first-order valence-electron chi connectivity index (χ1n) is 10.1. The Bertz CT molecular complexity index is 544. The van der Waals surface area contributed by atoms with Crippen molar-refractivity contribution in [3.63, 3.8) is 0 Å². The molecule has 1 aliphatic heterocycles. The zero-order valence-corrected chi connectivity index (χ0v) is 16.8. The van der Waals surface area contributed by atoms with Crippen LogP contribution in [0.5, 0.6) is 0 Å². The van der Waals surface area contributed by atoms with Gasteiger partial charge in [-0.2, -0.15) is 0 Å². The van der Waals surface area contributed by atoms with E-state index in [1.807, 2.05) is 37.3 Å². The van der Waals surface area contributed by atoms with E-state index in [0.29, 0.717) is 6.61 Å². The fourth-order valence-corrected chi connectivity index (χ4v) is 4.54. The van der Waals surface area contributed by atoms with Gasteiger partial charge in [0.15, 0.2) is 0 Å². The van der Waals surface area contributed by atoms with Gasteiger partial charge in [0, 0.05) is 10.8 Å². The summed E-state index contributed by atoms with van der Waals surface area (Å²) >= 11 is 1.50. The standard InChI is InChI=1S/C22H32O3S/c1-18-13-9-6-4-2-3-5-7-12-16-25-21(23)17-20(22(18)24)26-19-14-10-8-11-15-19/h8,10-11,14-15,18,20H,2-7,9,12-13,16-17H2,1H3. The predicted molar refractivity (Wildman–Crippen MR) is 107 cm³/mol. The largest absolute Gasteiger partial charge is 0.466 e. The summed E-state index contributed by atoms with van der Waals surface area (Å²) in [4.78, 5) is 26.2. The van der Waals surface area contributed by atoms with E-state index in [0.717, 1.165) is 30.6 Å². The molecule has 26 heavy (non-hydrogen) atoms. The summed E-state index contributed by atoms with van der Waals surface area (Å²) in [6.45, 7) is 2.49. The van der Waals surface area contributed by atoms with Crippen LogP contribution in [-0.4, -0.2) is 23.6 Å². The lowest BCUT2D eigenvalue weighted by atomic mass is 9.95. The van der Waals surface area contributed by atoms with Gasteiger partial charge < -0.3 is 4.74 Å². The van der Waals surface area contributed by atoms with E-state index in [9.17, 15) is 9.59 Å². The van der Waals surface area contributed by atoms with E-state index in [1.54, 1.807) is 0 Å². The van der Waals surface area contributed by atoms with Gasteiger partial charge in [-0.05, 0) is 25.0 Å². The average molecular weight is 377 g/mol. The van der Waals surface area contributed by atoms with E-state index in [1.165, 1.54) is 43.9 Å². The van der Waals surface area contributed by atoms with E-state index in [-0.39, 0.29) is 29.3 Å². The number of hydrogen-bond donors (Lipinski definition) is 0. The van der Waals surface area contributed by atoms with Gasteiger partial charge in [0.1, 0.15) is 5.78 Å². The summed E-state index contributed by atoms with van der Waals surface area (Å²) in [7, 11) is 0. The molecule has 2 atom stereocenters. The Hall–Kier alpha value is -1.29. The third kappa shape index (κ3) is 7.94. The molecule has 1 aliphatic rings. The molecule has 0 saturated carbocycles. The summed E-state index contributed by atoms with van der Waals surface area (Å²) in [5, 5.41) is -0.354. The highest BCUT2D eigenvalue weighted by atomic mass is 32.2. The number of cyclic esters (lactones) is 1. The number of thioether (sulfide) groups is 1. The first-order valence-corrected chi connectivity index (χ1v) is 11.0. The maximum absolute atomic E-state index is 13.0. The van der Waals surface area contributed by atoms with Crippen LogP contribution in [0.25, 0.3) is 0 Å². The van der Waals surface area contributed by atoms with E-state index in [4.69, 9.17) is 4.74 Å². The Kier molecular flexibility index (Phi) is 9.83. The summed E-state index contributed by atoms with van der Waals surface area (Å²) in [5.41, 5.74) is 0. The molecule has 0 amide bonds. The molecule has 0 radical (unpaired) electrons. The number of hydrogen-bond acceptors (Lipinski definition) is 4. The quantitative estimate of drug-likeness (QED) is 0.611. The van der Waals surface area contributed by atoms with Crippen LogP contribution in [0.2, 0.25) is 0 Å². The maximum atomic E-state index is 13.0. The second-order valence-corrected chi connectivity index (χ2v) is 8.54. The maximum Gasteiger partial charge on any atom is 0.307 e. The molecule has 0 aromatic heterocycles. The molecule has 144 valence electrons. The molecule has 1 heterocycles. The zero-order valence-electron chi connectivity index (χ0n) is 16.0. The molecule has 2 unspecified atom stereocenters. The smallest absolute Gasteiger partial charge is 0.307 e. The topological polar surface area (TPSA) is 43.4 Å². The molecular formula is C22H32O3S. The Morgan fingerprint density at radius 3 is 2.19 bits per heavy atom. The van der Waals surface area contributed by atoms with Gasteiger partial charge in [0.05, 0.1) is 18.3 Å². The summed E-state index contributed by atoms with van der Waals surface area (Å²) in [6.07, 6.45) is 10.4. The van der Waals surface area contributed by atoms with Crippen molar-refractivity contribution in [2.45, 2.75) is 81.3 Å². The third-order valence-electron chi connectivity index (χ3n) is 4.97. The van der Waals surface area contributed by atoms with Gasteiger partial charge in [-0.25, -0.2) is 0 Å². The molecule has 1 aromatic rings. The minimum absolute atomic E-state index is 0.00285. The second kappa shape index (κ2) is 12.2. The molecule has 3 nitrogen and oxygen atoms in total. The first-order chi connectivity index (χ1) is 12.7. The number of Topliss-reactive ketones (excluding diaryl/α,β-unsaturated/α-hetero) is 1. The van der Waals surface area contributed by atoms with Crippen molar-refractivity contribution in [1.82, 2.24) is 0 Å². The van der Waals surface area contributed by atoms with Gasteiger partial charge in [-0.3, -0.25) is 9.59 Å². The zero-order chi connectivity index (χ0) is 18.6. The van der Waals surface area contributed by atoms with Crippen LogP contribution < -0.4 is 0 Å². The van der Waals surface area contributed by atoms with Crippen molar-refractivity contribution < 1.29 is 14.3 Å². The molecule has 0 spiro atoms. The van der Waals surface area contributed by atoms with Crippen LogP contribution in [0.4, 0.5) is 0 Å². The third-order valence-corrected chi connectivity index (χ3v) is 6.20. The minimum atomic E-state index is -0.354. The van der Waals surface area contributed by atoms with Crippen LogP contribution in [0, 0.1) is 5.92 Å². The van der Waals surface area contributed by atoms with Gasteiger partial charge in [0.25, 0.3) is 0 Å². The van der Waals surface area contributed by atoms with E-state index in [2.05, 4.69) is 0 Å². The van der Waals surface area contributed by atoms with Gasteiger partial charge >= 0.3 is 5.97 Å². The molecule has 2 rings (SSSR count). The molecular weight excluding hydrogens is 344 g/mol. The Morgan fingerprint density at radius 2 is 1.50 bits per heavy atom. The average Bonchev–Trinajstić information content (AvgIpc) is 2.65. The van der Waals surface area contributed by atoms with Crippen LogP contribution in [-0.2, 0) is 14.3 Å². The molecule has 0 bridgehead atoms. The van der Waals surface area contributed by atoms with Gasteiger partial charge in [-0.1, -0.05) is 70.1 Å². The normalized spacial score (nSPS) is 24.8. The van der Waals surface area contributed by atoms with Gasteiger partial charge in [0.2, 0.25) is 0 Å². The van der Waals surface area contributed by atoms with E-state index < -0.39 is 0 Å². The van der Waals surface area contributed by atoms with Crippen molar-refractivity contribution in [3.8, 4) is 0 Å². The number of ether oxygens (including phenoxy) is 1. The highest BCUT2D eigenvalue weighted by Crippen LogP contribution is 2.29. The molecule has 4 heteroatoms. The van der Waals surface area contributed by atoms with Crippen LogP contribution >= 0.6 is 11.8 Å². The van der Waals surface area contributed by atoms with Crippen molar-refractivity contribution in [2.75, 3.05) is 6.61 Å². The van der Waals surface area contributed by atoms with Crippen LogP contribution in [0.15, 0.2) is 35.2 Å². The SMILES string of the molecule is CC1CCCCCCCCCCOC(=O)CC(Sc2ccccc2)C1=O. The lowest BCUT2D eigenvalue weighted by Crippen LogP contribution is -2.27. The van der Waals surface area contributed by atoms with Crippen molar-refractivity contribution in [3.05, 3.63) is 30.3 Å². The van der Waals surface area contributed by atoms with Crippen LogP contribution in [0.3, 0.4) is 0 Å². The Labute approximate surface area is 162 Å². The number of ketones is 1. The molecule has 1 saturated heterocycles. The molecule has 1 fully saturated rings. The highest BCUT2D eigenvalue weighted by Gasteiger charge is 2.27. The number of benzene rings is 1. The lowest BCUT2D eigenvalue weighted by molar-refractivity contribution is -0.145. The predicted octanol–water partition coefficient (Wildman–Crippen LogP) is 5.81. The summed E-state index contributed by atoms with van der Waals surface area (Å²) < 4.78 is 5.39. The molecule has 0 N–H and O–H groups in total. The molecule has 1 aromatic carbocycles. The van der Waals surface area contributed by atoms with Crippen molar-refractivity contribution in [2.24, 2.45) is 5.92 Å². The highest BCUT2D eigenvalue weighted by molar-refractivity contribution is 8.00. The number of rotatable bonds is 2. The second-order valence-electron chi connectivity index (χ2n) is 7.26. The lowest BCUT2D eigenvalue weighted by Gasteiger charge is -2.19. The van der Waals surface area contributed by atoms with Crippen molar-refractivity contribution >= 4 is 23.5 Å². The number of esters is 1.